The Morgan fingerprint density at radius 2 is 1.32 bits per heavy atom. The third kappa shape index (κ3) is 4.50. The quantitative estimate of drug-likeness (QED) is 0.380. The van der Waals surface area contributed by atoms with Crippen molar-refractivity contribution >= 4 is 23.2 Å². The van der Waals surface area contributed by atoms with E-state index in [0.29, 0.717) is 18.7 Å². The van der Waals surface area contributed by atoms with E-state index in [2.05, 4.69) is 10.2 Å². The highest BCUT2D eigenvalue weighted by Crippen LogP contribution is 2.44. The molecule has 190 valence electrons. The molecular formula is C32H29N3O3. The second kappa shape index (κ2) is 10.1. The first-order valence-corrected chi connectivity index (χ1v) is 12.9. The SMILES string of the molecule is Cc1ccccc1C(=O)Nc1ccc(N2CCN(C(=O)C3c4ccccc4Oc4ccccc43)CC2)cc1. The number of piperazine rings is 1. The summed E-state index contributed by atoms with van der Waals surface area (Å²) in [5.41, 5.74) is 5.29. The summed E-state index contributed by atoms with van der Waals surface area (Å²) in [7, 11) is 0. The molecule has 0 saturated carbocycles. The summed E-state index contributed by atoms with van der Waals surface area (Å²) in [5, 5.41) is 2.98. The van der Waals surface area contributed by atoms with E-state index in [1.807, 2.05) is 109 Å². The number of ether oxygens (including phenoxy) is 1. The number of amides is 2. The number of rotatable bonds is 4. The number of aryl methyl sites for hydroxylation is 1. The van der Waals surface area contributed by atoms with Crippen LogP contribution in [0.25, 0.3) is 0 Å². The summed E-state index contributed by atoms with van der Waals surface area (Å²) >= 11 is 0. The van der Waals surface area contributed by atoms with Gasteiger partial charge in [-0.1, -0.05) is 54.6 Å². The van der Waals surface area contributed by atoms with Crippen LogP contribution in [0.1, 0.15) is 33.0 Å². The molecule has 2 aliphatic rings. The molecule has 0 aliphatic carbocycles. The van der Waals surface area contributed by atoms with E-state index in [1.165, 1.54) is 0 Å². The van der Waals surface area contributed by atoms with Crippen LogP contribution in [0.3, 0.4) is 0 Å². The van der Waals surface area contributed by atoms with Crippen LogP contribution in [-0.2, 0) is 4.79 Å². The van der Waals surface area contributed by atoms with Crippen molar-refractivity contribution in [3.8, 4) is 11.5 Å². The van der Waals surface area contributed by atoms with Crippen LogP contribution < -0.4 is 15.0 Å². The summed E-state index contributed by atoms with van der Waals surface area (Å²) in [6.45, 7) is 4.71. The number of anilines is 2. The van der Waals surface area contributed by atoms with Gasteiger partial charge in [0.2, 0.25) is 5.91 Å². The first kappa shape index (κ1) is 23.8. The maximum absolute atomic E-state index is 13.8. The zero-order chi connectivity index (χ0) is 26.1. The molecule has 2 heterocycles. The Hall–Kier alpha value is -4.58. The monoisotopic (exact) mass is 503 g/mol. The minimum Gasteiger partial charge on any atom is -0.457 e. The lowest BCUT2D eigenvalue weighted by Crippen LogP contribution is -2.50. The largest absolute Gasteiger partial charge is 0.457 e. The highest BCUT2D eigenvalue weighted by atomic mass is 16.5. The normalized spacial score (nSPS) is 14.8. The van der Waals surface area contributed by atoms with Crippen LogP contribution in [-0.4, -0.2) is 42.9 Å². The zero-order valence-corrected chi connectivity index (χ0v) is 21.3. The molecule has 0 unspecified atom stereocenters. The molecule has 4 aromatic carbocycles. The lowest BCUT2D eigenvalue weighted by molar-refractivity contribution is -0.132. The zero-order valence-electron chi connectivity index (χ0n) is 21.3. The second-order valence-corrected chi connectivity index (χ2v) is 9.74. The molecule has 4 aromatic rings. The summed E-state index contributed by atoms with van der Waals surface area (Å²) in [4.78, 5) is 30.7. The van der Waals surface area contributed by atoms with E-state index in [-0.39, 0.29) is 17.7 Å². The van der Waals surface area contributed by atoms with Crippen molar-refractivity contribution in [2.24, 2.45) is 0 Å². The number of hydrogen-bond acceptors (Lipinski definition) is 4. The molecule has 0 spiro atoms. The Labute approximate surface area is 222 Å². The van der Waals surface area contributed by atoms with Gasteiger partial charge in [0.05, 0.1) is 5.92 Å². The summed E-state index contributed by atoms with van der Waals surface area (Å²) in [6, 6.07) is 31.1. The van der Waals surface area contributed by atoms with E-state index in [9.17, 15) is 9.59 Å². The standard InChI is InChI=1S/C32H29N3O3/c1-22-8-2-3-9-25(22)31(36)33-23-14-16-24(17-15-23)34-18-20-35(21-19-34)32(37)30-26-10-4-6-12-28(26)38-29-13-7-5-11-27(29)30/h2-17,30H,18-21H2,1H3,(H,33,36). The first-order valence-electron chi connectivity index (χ1n) is 12.9. The van der Waals surface area contributed by atoms with E-state index in [1.54, 1.807) is 0 Å². The van der Waals surface area contributed by atoms with Gasteiger partial charge in [-0.2, -0.15) is 0 Å². The van der Waals surface area contributed by atoms with Gasteiger partial charge in [0, 0.05) is 54.2 Å². The van der Waals surface area contributed by atoms with Crippen molar-refractivity contribution in [3.63, 3.8) is 0 Å². The lowest BCUT2D eigenvalue weighted by atomic mass is 9.86. The van der Waals surface area contributed by atoms with Crippen molar-refractivity contribution in [1.82, 2.24) is 4.90 Å². The van der Waals surface area contributed by atoms with Crippen LogP contribution >= 0.6 is 0 Å². The van der Waals surface area contributed by atoms with Gasteiger partial charge in [0.15, 0.2) is 0 Å². The fraction of sp³-hybridized carbons (Fsp3) is 0.188. The number of nitrogens with zero attached hydrogens (tertiary/aromatic N) is 2. The van der Waals surface area contributed by atoms with Gasteiger partial charge in [-0.25, -0.2) is 0 Å². The maximum Gasteiger partial charge on any atom is 0.255 e. The molecular weight excluding hydrogens is 474 g/mol. The van der Waals surface area contributed by atoms with Crippen LogP contribution in [0.2, 0.25) is 0 Å². The first-order chi connectivity index (χ1) is 18.6. The highest BCUT2D eigenvalue weighted by molar-refractivity contribution is 6.05. The van der Waals surface area contributed by atoms with Gasteiger partial charge < -0.3 is 19.9 Å². The predicted molar refractivity (Wildman–Crippen MR) is 149 cm³/mol. The summed E-state index contributed by atoms with van der Waals surface area (Å²) < 4.78 is 6.08. The summed E-state index contributed by atoms with van der Waals surface area (Å²) in [5.74, 6) is 1.13. The third-order valence-electron chi connectivity index (χ3n) is 7.40. The topological polar surface area (TPSA) is 61.9 Å². The molecule has 1 N–H and O–H groups in total. The van der Waals surface area contributed by atoms with Crippen molar-refractivity contribution < 1.29 is 14.3 Å². The number of fused-ring (bicyclic) bond motifs is 2. The van der Waals surface area contributed by atoms with Gasteiger partial charge in [0.25, 0.3) is 5.91 Å². The average Bonchev–Trinajstić information content (AvgIpc) is 2.96. The van der Waals surface area contributed by atoms with E-state index in [0.717, 1.165) is 52.7 Å². The summed E-state index contributed by atoms with van der Waals surface area (Å²) in [6.07, 6.45) is 0. The average molecular weight is 504 g/mol. The van der Waals surface area contributed by atoms with Crippen LogP contribution in [0.15, 0.2) is 97.1 Å². The minimum atomic E-state index is -0.362. The molecule has 0 atom stereocenters. The van der Waals surface area contributed by atoms with E-state index in [4.69, 9.17) is 4.74 Å². The minimum absolute atomic E-state index is 0.112. The number of nitrogens with one attached hydrogen (secondary N) is 1. The van der Waals surface area contributed by atoms with Crippen molar-refractivity contribution in [1.29, 1.82) is 0 Å². The Morgan fingerprint density at radius 3 is 1.95 bits per heavy atom. The van der Waals surface area contributed by atoms with E-state index < -0.39 is 0 Å². The Morgan fingerprint density at radius 1 is 0.737 bits per heavy atom. The molecule has 6 rings (SSSR count). The van der Waals surface area contributed by atoms with Gasteiger partial charge in [-0.05, 0) is 55.0 Å². The number of carbonyl (C=O) groups excluding carboxylic acids is 2. The highest BCUT2D eigenvalue weighted by Gasteiger charge is 2.36. The van der Waals surface area contributed by atoms with Crippen molar-refractivity contribution in [2.45, 2.75) is 12.8 Å². The second-order valence-electron chi connectivity index (χ2n) is 9.74. The molecule has 0 bridgehead atoms. The maximum atomic E-state index is 13.8. The molecule has 1 fully saturated rings. The molecule has 2 aliphatic heterocycles. The number of carbonyl (C=O) groups is 2. The van der Waals surface area contributed by atoms with Gasteiger partial charge in [-0.15, -0.1) is 0 Å². The molecule has 0 aromatic heterocycles. The molecule has 6 nitrogen and oxygen atoms in total. The van der Waals surface area contributed by atoms with E-state index >= 15 is 0 Å². The number of para-hydroxylation sites is 2. The van der Waals surface area contributed by atoms with Gasteiger partial charge >= 0.3 is 0 Å². The van der Waals surface area contributed by atoms with Crippen molar-refractivity contribution in [3.05, 3.63) is 119 Å². The fourth-order valence-corrected chi connectivity index (χ4v) is 5.33. The molecule has 38 heavy (non-hydrogen) atoms. The third-order valence-corrected chi connectivity index (χ3v) is 7.40. The predicted octanol–water partition coefficient (Wildman–Crippen LogP) is 5.83. The van der Waals surface area contributed by atoms with Crippen LogP contribution in [0, 0.1) is 6.92 Å². The molecule has 6 heteroatoms. The number of hydrogen-bond donors (Lipinski definition) is 1. The van der Waals surface area contributed by atoms with Gasteiger partial charge in [0.1, 0.15) is 11.5 Å². The van der Waals surface area contributed by atoms with Crippen LogP contribution in [0.5, 0.6) is 11.5 Å². The Balaban J connectivity index is 1.12. The van der Waals surface area contributed by atoms with Gasteiger partial charge in [-0.3, -0.25) is 9.59 Å². The fourth-order valence-electron chi connectivity index (χ4n) is 5.33. The lowest BCUT2D eigenvalue weighted by Gasteiger charge is -2.38. The smallest absolute Gasteiger partial charge is 0.255 e. The molecule has 1 saturated heterocycles. The van der Waals surface area contributed by atoms with Crippen molar-refractivity contribution in [2.75, 3.05) is 36.4 Å². The van der Waals surface area contributed by atoms with Crippen LogP contribution in [0.4, 0.5) is 11.4 Å². The molecule has 0 radical (unpaired) electrons. The number of benzene rings is 4. The Kier molecular flexibility index (Phi) is 6.30. The molecule has 2 amide bonds. The Bertz CT molecular complexity index is 1440.